The Morgan fingerprint density at radius 2 is 1.80 bits per heavy atom. The topological polar surface area (TPSA) is 37.9 Å². The van der Waals surface area contributed by atoms with Crippen LogP contribution in [-0.2, 0) is 0 Å². The van der Waals surface area contributed by atoms with Gasteiger partial charge in [0.05, 0.1) is 5.52 Å². The van der Waals surface area contributed by atoms with Gasteiger partial charge in [0, 0.05) is 5.56 Å². The summed E-state index contributed by atoms with van der Waals surface area (Å²) in [4.78, 5) is 7.13. The van der Waals surface area contributed by atoms with Gasteiger partial charge in [-0.2, -0.15) is 8.78 Å². The first-order valence-corrected chi connectivity index (χ1v) is 5.83. The summed E-state index contributed by atoms with van der Waals surface area (Å²) >= 11 is 0. The average Bonchev–Trinajstić information content (AvgIpc) is 2.84. The predicted octanol–water partition coefficient (Wildman–Crippen LogP) is 3.97. The molecule has 6 heteroatoms. The lowest BCUT2D eigenvalue weighted by Crippen LogP contribution is -2.01. The second-order valence-electron chi connectivity index (χ2n) is 4.12. The van der Waals surface area contributed by atoms with E-state index in [4.69, 9.17) is 0 Å². The molecule has 0 aliphatic heterocycles. The number of aromatic nitrogens is 2. The molecule has 1 N–H and O–H groups in total. The number of aromatic amines is 1. The largest absolute Gasteiger partial charge is 0.435 e. The molecule has 0 atom stereocenters. The molecule has 1 aromatic heterocycles. The van der Waals surface area contributed by atoms with Crippen LogP contribution in [0.3, 0.4) is 0 Å². The van der Waals surface area contributed by atoms with E-state index in [1.165, 1.54) is 18.2 Å². The van der Waals surface area contributed by atoms with Crippen molar-refractivity contribution in [3.05, 3.63) is 48.3 Å². The summed E-state index contributed by atoms with van der Waals surface area (Å²) in [6, 6.07) is 10.6. The number of benzene rings is 2. The van der Waals surface area contributed by atoms with Crippen LogP contribution in [0.5, 0.6) is 5.75 Å². The zero-order valence-corrected chi connectivity index (χ0v) is 10.1. The number of halogens is 3. The number of hydrogen-bond acceptors (Lipinski definition) is 2. The summed E-state index contributed by atoms with van der Waals surface area (Å²) in [5.74, 6) is 0.113. The van der Waals surface area contributed by atoms with Gasteiger partial charge in [-0.15, -0.1) is 0 Å². The highest BCUT2D eigenvalue weighted by Gasteiger charge is 2.09. The van der Waals surface area contributed by atoms with Crippen LogP contribution < -0.4 is 4.74 Å². The van der Waals surface area contributed by atoms with E-state index >= 15 is 0 Å². The van der Waals surface area contributed by atoms with Crippen molar-refractivity contribution in [3.63, 3.8) is 0 Å². The van der Waals surface area contributed by atoms with Crippen molar-refractivity contribution in [2.75, 3.05) is 0 Å². The quantitative estimate of drug-likeness (QED) is 0.787. The minimum Gasteiger partial charge on any atom is -0.435 e. The first kappa shape index (κ1) is 12.5. The van der Waals surface area contributed by atoms with Gasteiger partial charge in [-0.25, -0.2) is 9.37 Å². The molecule has 3 aromatic rings. The maximum atomic E-state index is 13.5. The number of ether oxygens (including phenoxy) is 1. The van der Waals surface area contributed by atoms with Gasteiger partial charge in [-0.05, 0) is 36.4 Å². The van der Waals surface area contributed by atoms with Gasteiger partial charge >= 0.3 is 6.61 Å². The van der Waals surface area contributed by atoms with Crippen molar-refractivity contribution in [2.24, 2.45) is 0 Å². The van der Waals surface area contributed by atoms with Crippen molar-refractivity contribution in [1.29, 1.82) is 0 Å². The number of imidazole rings is 1. The molecule has 0 fully saturated rings. The van der Waals surface area contributed by atoms with Crippen molar-refractivity contribution >= 4 is 11.0 Å². The molecule has 3 nitrogen and oxygen atoms in total. The van der Waals surface area contributed by atoms with Gasteiger partial charge in [-0.1, -0.05) is 6.07 Å². The second-order valence-corrected chi connectivity index (χ2v) is 4.12. The van der Waals surface area contributed by atoms with Crippen LogP contribution in [0.25, 0.3) is 22.4 Å². The van der Waals surface area contributed by atoms with Crippen molar-refractivity contribution in [1.82, 2.24) is 9.97 Å². The van der Waals surface area contributed by atoms with Crippen LogP contribution in [0.2, 0.25) is 0 Å². The summed E-state index contributed by atoms with van der Waals surface area (Å²) in [6.45, 7) is -2.86. The van der Waals surface area contributed by atoms with Gasteiger partial charge in [0.15, 0.2) is 5.82 Å². The minimum absolute atomic E-state index is 0.0611. The summed E-state index contributed by atoms with van der Waals surface area (Å²) < 4.78 is 41.9. The normalized spacial score (nSPS) is 11.2. The molecule has 0 saturated carbocycles. The number of fused-ring (bicyclic) bond motifs is 1. The third kappa shape index (κ3) is 2.32. The maximum absolute atomic E-state index is 13.5. The van der Waals surface area contributed by atoms with Crippen LogP contribution in [0, 0.1) is 5.82 Å². The lowest BCUT2D eigenvalue weighted by molar-refractivity contribution is -0.0498. The Hall–Kier alpha value is -2.50. The summed E-state index contributed by atoms with van der Waals surface area (Å²) in [6.07, 6.45) is 0. The molecule has 0 amide bonds. The monoisotopic (exact) mass is 278 g/mol. The summed E-state index contributed by atoms with van der Waals surface area (Å²) in [7, 11) is 0. The van der Waals surface area contributed by atoms with Crippen LogP contribution >= 0.6 is 0 Å². The first-order chi connectivity index (χ1) is 9.63. The number of nitrogens with zero attached hydrogens (tertiary/aromatic N) is 1. The predicted molar refractivity (Wildman–Crippen MR) is 68.1 cm³/mol. The second kappa shape index (κ2) is 4.88. The number of nitrogens with one attached hydrogen (secondary N) is 1. The Bertz CT molecular complexity index is 738. The molecule has 20 heavy (non-hydrogen) atoms. The van der Waals surface area contributed by atoms with E-state index in [9.17, 15) is 13.2 Å². The van der Waals surface area contributed by atoms with E-state index in [2.05, 4.69) is 14.7 Å². The van der Waals surface area contributed by atoms with Crippen LogP contribution in [0.15, 0.2) is 42.5 Å². The van der Waals surface area contributed by atoms with Crippen LogP contribution in [0.4, 0.5) is 13.2 Å². The van der Waals surface area contributed by atoms with E-state index in [1.54, 1.807) is 24.3 Å². The smallest absolute Gasteiger partial charge is 0.387 e. The van der Waals surface area contributed by atoms with Gasteiger partial charge in [0.25, 0.3) is 0 Å². The van der Waals surface area contributed by atoms with Crippen molar-refractivity contribution in [2.45, 2.75) is 6.61 Å². The van der Waals surface area contributed by atoms with Gasteiger partial charge < -0.3 is 9.72 Å². The molecule has 2 aromatic carbocycles. The fourth-order valence-corrected chi connectivity index (χ4v) is 1.93. The fraction of sp³-hybridized carbons (Fsp3) is 0.0714. The zero-order valence-electron chi connectivity index (χ0n) is 10.1. The van der Waals surface area contributed by atoms with E-state index in [0.29, 0.717) is 16.9 Å². The summed E-state index contributed by atoms with van der Waals surface area (Å²) in [5.41, 5.74) is 1.48. The highest BCUT2D eigenvalue weighted by atomic mass is 19.3. The minimum atomic E-state index is -2.86. The average molecular weight is 278 g/mol. The fourth-order valence-electron chi connectivity index (χ4n) is 1.93. The van der Waals surface area contributed by atoms with Crippen molar-refractivity contribution < 1.29 is 17.9 Å². The molecule has 1 heterocycles. The van der Waals surface area contributed by atoms with E-state index in [-0.39, 0.29) is 11.3 Å². The molecule has 0 unspecified atom stereocenters. The maximum Gasteiger partial charge on any atom is 0.387 e. The molecule has 102 valence electrons. The van der Waals surface area contributed by atoms with E-state index in [1.807, 2.05) is 0 Å². The SMILES string of the molecule is Fc1cccc2[nH]c(-c3ccc(OC(F)F)cc3)nc12. The Labute approximate surface area is 112 Å². The number of hydrogen-bond donors (Lipinski definition) is 1. The van der Waals surface area contributed by atoms with E-state index in [0.717, 1.165) is 0 Å². The molecule has 0 aliphatic rings. The lowest BCUT2D eigenvalue weighted by atomic mass is 10.2. The molecule has 0 saturated heterocycles. The molecular formula is C14H9F3N2O. The highest BCUT2D eigenvalue weighted by Crippen LogP contribution is 2.24. The molecule has 3 rings (SSSR count). The Kier molecular flexibility index (Phi) is 3.06. The van der Waals surface area contributed by atoms with Gasteiger partial charge in [0.1, 0.15) is 17.1 Å². The van der Waals surface area contributed by atoms with Crippen LogP contribution in [0.1, 0.15) is 0 Å². The third-order valence-corrected chi connectivity index (χ3v) is 2.82. The molecule has 0 aliphatic carbocycles. The number of rotatable bonds is 3. The highest BCUT2D eigenvalue weighted by molar-refractivity contribution is 5.79. The number of alkyl halides is 2. The number of para-hydroxylation sites is 1. The lowest BCUT2D eigenvalue weighted by Gasteiger charge is -2.04. The first-order valence-electron chi connectivity index (χ1n) is 5.83. The van der Waals surface area contributed by atoms with Gasteiger partial charge in [-0.3, -0.25) is 0 Å². The number of H-pyrrole nitrogens is 1. The molecular weight excluding hydrogens is 269 g/mol. The Balaban J connectivity index is 1.96. The van der Waals surface area contributed by atoms with Crippen LogP contribution in [-0.4, -0.2) is 16.6 Å². The summed E-state index contributed by atoms with van der Waals surface area (Å²) in [5, 5.41) is 0. The Morgan fingerprint density at radius 3 is 2.45 bits per heavy atom. The Morgan fingerprint density at radius 1 is 1.05 bits per heavy atom. The van der Waals surface area contributed by atoms with Crippen molar-refractivity contribution in [3.8, 4) is 17.1 Å². The zero-order chi connectivity index (χ0) is 14.1. The molecule has 0 spiro atoms. The molecule has 0 bridgehead atoms. The third-order valence-electron chi connectivity index (χ3n) is 2.82. The molecule has 0 radical (unpaired) electrons. The van der Waals surface area contributed by atoms with E-state index < -0.39 is 12.4 Å². The van der Waals surface area contributed by atoms with Gasteiger partial charge in [0.2, 0.25) is 0 Å². The standard InChI is InChI=1S/C14H9F3N2O/c15-10-2-1-3-11-12(10)19-13(18-11)8-4-6-9(7-5-8)20-14(16)17/h1-7,14H,(H,18,19).